The van der Waals surface area contributed by atoms with Crippen LogP contribution in [-0.4, -0.2) is 3.42 Å². The van der Waals surface area contributed by atoms with Gasteiger partial charge in [-0.3, -0.25) is 0 Å². The van der Waals surface area contributed by atoms with Gasteiger partial charge in [0.25, 0.3) is 0 Å². The first kappa shape index (κ1) is 4.68. The molecule has 0 aromatic carbocycles. The van der Waals surface area contributed by atoms with E-state index < -0.39 is 0 Å². The maximum Gasteiger partial charge on any atom is 0.0324 e. The average Bonchev–Trinajstić information content (AvgIpc) is 2.65. The normalized spacial score (nSPS) is 97.5. The van der Waals surface area contributed by atoms with Crippen molar-refractivity contribution in [3.05, 3.63) is 0 Å². The van der Waals surface area contributed by atoms with Crippen molar-refractivity contribution in [3.63, 3.8) is 0 Å². The van der Waals surface area contributed by atoms with Gasteiger partial charge in [0.1, 0.15) is 0 Å². The third-order valence-corrected chi connectivity index (χ3v) is 7.56. The highest BCUT2D eigenvalue weighted by Crippen LogP contribution is 2.98. The first-order chi connectivity index (χ1) is 4.85. The van der Waals surface area contributed by atoms with E-state index in [1.54, 1.807) is 6.42 Å². The molecule has 0 saturated heterocycles. The second-order valence-corrected chi connectivity index (χ2v) is 6.99. The van der Waals surface area contributed by atoms with Crippen molar-refractivity contribution in [1.82, 2.24) is 0 Å². The summed E-state index contributed by atoms with van der Waals surface area (Å²) in [7, 11) is 0. The number of halogens is 1. The summed E-state index contributed by atoms with van der Waals surface area (Å²) in [6.45, 7) is 0. The van der Waals surface area contributed by atoms with E-state index >= 15 is 0 Å². The van der Waals surface area contributed by atoms with E-state index in [0.717, 1.165) is 3.42 Å². The van der Waals surface area contributed by atoms with Crippen LogP contribution in [0.15, 0.2) is 0 Å². The standard InChI is InChI=1S/C9H9I/c10-9-6-2-1-3(7(6)9)5-4(2)8(5)9/h2-8H,1H2/t2-,3+,4-,5+,6-,7-,8?,9?/m1/s1. The molecule has 0 N–H and O–H groups in total. The van der Waals surface area contributed by atoms with Crippen LogP contribution in [0.1, 0.15) is 6.42 Å². The average molecular weight is 244 g/mol. The molecular formula is C9H9I. The van der Waals surface area contributed by atoms with Gasteiger partial charge in [-0.15, -0.1) is 0 Å². The van der Waals surface area contributed by atoms with Crippen molar-refractivity contribution in [1.29, 1.82) is 0 Å². The summed E-state index contributed by atoms with van der Waals surface area (Å²) in [6, 6.07) is 0. The minimum atomic E-state index is 0.917. The third-order valence-electron chi connectivity index (χ3n) is 5.40. The number of alkyl halides is 1. The Morgan fingerprint density at radius 1 is 1.00 bits per heavy atom. The van der Waals surface area contributed by atoms with Gasteiger partial charge < -0.3 is 0 Å². The van der Waals surface area contributed by atoms with Crippen molar-refractivity contribution in [2.24, 2.45) is 41.4 Å². The lowest BCUT2D eigenvalue weighted by molar-refractivity contribution is 0.434. The van der Waals surface area contributed by atoms with Gasteiger partial charge in [-0.1, -0.05) is 22.6 Å². The summed E-state index contributed by atoms with van der Waals surface area (Å²) in [4.78, 5) is 0. The fourth-order valence-electron chi connectivity index (χ4n) is 5.52. The molecule has 0 aliphatic heterocycles. The highest BCUT2D eigenvalue weighted by Gasteiger charge is 2.97. The number of hydrogen-bond donors (Lipinski definition) is 0. The molecule has 0 aromatic rings. The minimum Gasteiger partial charge on any atom is -0.0779 e. The molecule has 0 aromatic heterocycles. The van der Waals surface area contributed by atoms with Crippen molar-refractivity contribution in [2.75, 3.05) is 0 Å². The van der Waals surface area contributed by atoms with Crippen LogP contribution in [0, 0.1) is 41.4 Å². The molecule has 6 saturated carbocycles. The van der Waals surface area contributed by atoms with Gasteiger partial charge >= 0.3 is 0 Å². The van der Waals surface area contributed by atoms with Gasteiger partial charge in [0.2, 0.25) is 0 Å². The molecule has 0 radical (unpaired) electrons. The fourth-order valence-corrected chi connectivity index (χ4v) is 7.87. The van der Waals surface area contributed by atoms with E-state index in [1.165, 1.54) is 41.4 Å². The van der Waals surface area contributed by atoms with Crippen LogP contribution in [0.4, 0.5) is 0 Å². The lowest BCUT2D eigenvalue weighted by Crippen LogP contribution is -2.01. The third kappa shape index (κ3) is 0.203. The first-order valence-electron chi connectivity index (χ1n) is 4.54. The Kier molecular flexibility index (Phi) is 0.421. The smallest absolute Gasteiger partial charge is 0.0324 e. The SMILES string of the molecule is IC12C3[C@@H]4[C@H]5C[C@@H]([C@H]34)[C@@H]1[C@@H]52. The van der Waals surface area contributed by atoms with Crippen LogP contribution >= 0.6 is 22.6 Å². The van der Waals surface area contributed by atoms with Gasteiger partial charge in [-0.25, -0.2) is 0 Å². The molecule has 1 heteroatoms. The monoisotopic (exact) mass is 244 g/mol. The van der Waals surface area contributed by atoms with Crippen LogP contribution in [0.25, 0.3) is 0 Å². The van der Waals surface area contributed by atoms with Crippen LogP contribution in [0.5, 0.6) is 0 Å². The highest BCUT2D eigenvalue weighted by atomic mass is 127. The predicted molar refractivity (Wildman–Crippen MR) is 45.8 cm³/mol. The van der Waals surface area contributed by atoms with Gasteiger partial charge in [-0.2, -0.15) is 0 Å². The fraction of sp³-hybridized carbons (Fsp3) is 1.00. The second kappa shape index (κ2) is 0.898. The molecule has 6 aliphatic carbocycles. The summed E-state index contributed by atoms with van der Waals surface area (Å²) < 4.78 is 0.917. The number of hydrogen-bond acceptors (Lipinski definition) is 0. The molecular weight excluding hydrogens is 235 g/mol. The van der Waals surface area contributed by atoms with E-state index in [1.807, 2.05) is 0 Å². The van der Waals surface area contributed by atoms with E-state index in [2.05, 4.69) is 22.6 Å². The highest BCUT2D eigenvalue weighted by molar-refractivity contribution is 14.1. The molecule has 52 valence electrons. The Labute approximate surface area is 73.9 Å². The van der Waals surface area contributed by atoms with E-state index in [9.17, 15) is 0 Å². The van der Waals surface area contributed by atoms with Crippen molar-refractivity contribution >= 4 is 22.6 Å². The van der Waals surface area contributed by atoms with Crippen molar-refractivity contribution in [2.45, 2.75) is 9.84 Å². The van der Waals surface area contributed by atoms with E-state index in [-0.39, 0.29) is 0 Å². The lowest BCUT2D eigenvalue weighted by atomic mass is 10.0. The molecule has 6 aliphatic rings. The molecule has 0 heterocycles. The molecule has 0 amide bonds. The van der Waals surface area contributed by atoms with Crippen molar-refractivity contribution in [3.8, 4) is 0 Å². The second-order valence-electron chi connectivity index (χ2n) is 5.12. The van der Waals surface area contributed by atoms with E-state index in [4.69, 9.17) is 0 Å². The van der Waals surface area contributed by atoms with Crippen LogP contribution in [-0.2, 0) is 0 Å². The lowest BCUT2D eigenvalue weighted by Gasteiger charge is -2.03. The maximum atomic E-state index is 2.82. The minimum absolute atomic E-state index is 0.917. The molecule has 2 bridgehead atoms. The number of rotatable bonds is 0. The molecule has 10 heavy (non-hydrogen) atoms. The Morgan fingerprint density at radius 2 is 1.60 bits per heavy atom. The maximum absolute atomic E-state index is 2.82. The summed E-state index contributed by atoms with van der Waals surface area (Å²) in [5, 5.41) is 0. The summed E-state index contributed by atoms with van der Waals surface area (Å²) in [5.41, 5.74) is 0. The van der Waals surface area contributed by atoms with E-state index in [0.29, 0.717) is 0 Å². The summed E-state index contributed by atoms with van der Waals surface area (Å²) >= 11 is 2.82. The largest absolute Gasteiger partial charge is 0.0779 e. The van der Waals surface area contributed by atoms with Gasteiger partial charge in [-0.05, 0) is 47.8 Å². The molecule has 0 nitrogen and oxygen atoms in total. The molecule has 6 rings (SSSR count). The molecule has 8 atom stereocenters. The molecule has 6 fully saturated rings. The zero-order valence-electron chi connectivity index (χ0n) is 5.63. The van der Waals surface area contributed by atoms with Crippen LogP contribution in [0.2, 0.25) is 0 Å². The van der Waals surface area contributed by atoms with Gasteiger partial charge in [0, 0.05) is 3.42 Å². The molecule has 0 spiro atoms. The zero-order chi connectivity index (χ0) is 6.25. The zero-order valence-corrected chi connectivity index (χ0v) is 7.78. The summed E-state index contributed by atoms with van der Waals surface area (Å²) in [5.74, 6) is 8.81. The predicted octanol–water partition coefficient (Wildman–Crippen LogP) is 1.93. The Morgan fingerprint density at radius 3 is 1.80 bits per heavy atom. The van der Waals surface area contributed by atoms with Crippen LogP contribution in [0.3, 0.4) is 0 Å². The first-order valence-corrected chi connectivity index (χ1v) is 5.62. The topological polar surface area (TPSA) is 0 Å². The van der Waals surface area contributed by atoms with Crippen LogP contribution < -0.4 is 0 Å². The Hall–Kier alpha value is 0.730. The van der Waals surface area contributed by atoms with Crippen molar-refractivity contribution < 1.29 is 0 Å². The quantitative estimate of drug-likeness (QED) is 0.451. The van der Waals surface area contributed by atoms with Gasteiger partial charge in [0.15, 0.2) is 0 Å². The summed E-state index contributed by atoms with van der Waals surface area (Å²) in [6.07, 6.45) is 1.66. The Bertz CT molecular complexity index is 236. The Balaban J connectivity index is 1.98. The van der Waals surface area contributed by atoms with Gasteiger partial charge in [0.05, 0.1) is 0 Å². The molecule has 2 unspecified atom stereocenters.